The number of furan rings is 1. The van der Waals surface area contributed by atoms with Crippen LogP contribution >= 0.6 is 0 Å². The van der Waals surface area contributed by atoms with Crippen molar-refractivity contribution in [2.75, 3.05) is 19.6 Å². The lowest BCUT2D eigenvalue weighted by molar-refractivity contribution is -0.131. The lowest BCUT2D eigenvalue weighted by Gasteiger charge is -2.26. The van der Waals surface area contributed by atoms with Gasteiger partial charge in [0.25, 0.3) is 5.91 Å². The molecule has 3 N–H and O–H groups in total. The molecule has 1 aliphatic heterocycles. The highest BCUT2D eigenvalue weighted by atomic mass is 16.4. The number of nitrogens with one attached hydrogen (secondary N) is 1. The molecule has 0 bridgehead atoms. The molecule has 6 heteroatoms. The third-order valence-electron chi connectivity index (χ3n) is 3.42. The molecule has 1 aliphatic rings. The number of rotatable bonds is 5. The number of carbonyl (C=O) groups excluding carboxylic acids is 2. The summed E-state index contributed by atoms with van der Waals surface area (Å²) in [7, 11) is 0. The number of piperidine rings is 1. The molecule has 0 radical (unpaired) electrons. The molecule has 6 nitrogen and oxygen atoms in total. The summed E-state index contributed by atoms with van der Waals surface area (Å²) in [6, 6.07) is 3.26. The Hall–Kier alpha value is -1.82. The van der Waals surface area contributed by atoms with Crippen LogP contribution in [0.3, 0.4) is 0 Å². The normalized spacial score (nSPS) is 15.2. The van der Waals surface area contributed by atoms with E-state index in [9.17, 15) is 9.59 Å². The quantitative estimate of drug-likeness (QED) is 0.837. The second-order valence-electron chi connectivity index (χ2n) is 4.92. The van der Waals surface area contributed by atoms with E-state index in [1.807, 2.05) is 4.90 Å². The Morgan fingerprint density at radius 1 is 1.25 bits per heavy atom. The van der Waals surface area contributed by atoms with Crippen LogP contribution in [0.15, 0.2) is 16.5 Å². The van der Waals surface area contributed by atoms with Crippen LogP contribution in [0.1, 0.15) is 42.0 Å². The molecule has 0 aliphatic carbocycles. The van der Waals surface area contributed by atoms with Crippen LogP contribution in [0, 0.1) is 0 Å². The molecule has 20 heavy (non-hydrogen) atoms. The van der Waals surface area contributed by atoms with E-state index >= 15 is 0 Å². The molecular formula is C14H21N3O3. The van der Waals surface area contributed by atoms with Gasteiger partial charge >= 0.3 is 0 Å². The molecule has 110 valence electrons. The van der Waals surface area contributed by atoms with Gasteiger partial charge in [-0.2, -0.15) is 0 Å². The number of nitrogens with two attached hydrogens (primary N) is 1. The number of likely N-dealkylation sites (tertiary alicyclic amines) is 1. The van der Waals surface area contributed by atoms with Crippen LogP contribution in [-0.2, 0) is 11.3 Å². The Morgan fingerprint density at radius 2 is 2.00 bits per heavy atom. The van der Waals surface area contributed by atoms with Gasteiger partial charge in [-0.15, -0.1) is 0 Å². The Labute approximate surface area is 118 Å². The second kappa shape index (κ2) is 7.09. The SMILES string of the molecule is NCc1ccc(C(=O)NCCC(=O)N2CCCCC2)o1. The van der Waals surface area contributed by atoms with Gasteiger partial charge in [-0.3, -0.25) is 9.59 Å². The number of hydrogen-bond donors (Lipinski definition) is 2. The molecular weight excluding hydrogens is 258 g/mol. The van der Waals surface area contributed by atoms with Crippen LogP contribution in [0.5, 0.6) is 0 Å². The fraction of sp³-hybridized carbons (Fsp3) is 0.571. The Bertz CT molecular complexity index is 464. The summed E-state index contributed by atoms with van der Waals surface area (Å²) in [6.45, 7) is 2.27. The van der Waals surface area contributed by atoms with Crippen molar-refractivity contribution >= 4 is 11.8 Å². The van der Waals surface area contributed by atoms with Gasteiger partial charge in [0.15, 0.2) is 5.76 Å². The van der Waals surface area contributed by atoms with Crippen molar-refractivity contribution in [1.29, 1.82) is 0 Å². The summed E-state index contributed by atoms with van der Waals surface area (Å²) in [5.41, 5.74) is 5.41. The lowest BCUT2D eigenvalue weighted by Crippen LogP contribution is -2.37. The Kier molecular flexibility index (Phi) is 5.17. The number of hydrogen-bond acceptors (Lipinski definition) is 4. The van der Waals surface area contributed by atoms with Crippen molar-refractivity contribution in [1.82, 2.24) is 10.2 Å². The minimum absolute atomic E-state index is 0.104. The highest BCUT2D eigenvalue weighted by Gasteiger charge is 2.16. The second-order valence-corrected chi connectivity index (χ2v) is 4.92. The summed E-state index contributed by atoms with van der Waals surface area (Å²) < 4.78 is 5.24. The standard InChI is InChI=1S/C14H21N3O3/c15-10-11-4-5-12(20-11)14(19)16-7-6-13(18)17-8-2-1-3-9-17/h4-5H,1-3,6-10,15H2,(H,16,19). The summed E-state index contributed by atoms with van der Waals surface area (Å²) >= 11 is 0. The van der Waals surface area contributed by atoms with Crippen LogP contribution in [0.25, 0.3) is 0 Å². The molecule has 2 rings (SSSR count). The fourth-order valence-electron chi connectivity index (χ4n) is 2.28. The minimum Gasteiger partial charge on any atom is -0.455 e. The van der Waals surface area contributed by atoms with Crippen LogP contribution in [0.2, 0.25) is 0 Å². The van der Waals surface area contributed by atoms with Crippen LogP contribution < -0.4 is 11.1 Å². The van der Waals surface area contributed by atoms with Gasteiger partial charge in [-0.05, 0) is 31.4 Å². The van der Waals surface area contributed by atoms with E-state index in [4.69, 9.17) is 10.2 Å². The molecule has 2 amide bonds. The minimum atomic E-state index is -0.309. The monoisotopic (exact) mass is 279 g/mol. The Balaban J connectivity index is 1.72. The average molecular weight is 279 g/mol. The van der Waals surface area contributed by atoms with E-state index in [0.717, 1.165) is 25.9 Å². The van der Waals surface area contributed by atoms with Gasteiger partial charge in [0, 0.05) is 26.1 Å². The molecule has 0 unspecified atom stereocenters. The number of nitrogens with zero attached hydrogens (tertiary/aromatic N) is 1. The highest BCUT2D eigenvalue weighted by Crippen LogP contribution is 2.10. The maximum Gasteiger partial charge on any atom is 0.287 e. The van der Waals surface area contributed by atoms with E-state index in [-0.39, 0.29) is 24.1 Å². The van der Waals surface area contributed by atoms with E-state index in [2.05, 4.69) is 5.32 Å². The van der Waals surface area contributed by atoms with Gasteiger partial charge in [0.1, 0.15) is 5.76 Å². The largest absolute Gasteiger partial charge is 0.455 e. The predicted octanol–water partition coefficient (Wildman–Crippen LogP) is 0.871. The van der Waals surface area contributed by atoms with E-state index in [0.29, 0.717) is 18.7 Å². The fourth-order valence-corrected chi connectivity index (χ4v) is 2.28. The first-order chi connectivity index (χ1) is 9.70. The van der Waals surface area contributed by atoms with Gasteiger partial charge in [0.05, 0.1) is 6.54 Å². The third kappa shape index (κ3) is 3.84. The molecule has 0 saturated carbocycles. The van der Waals surface area contributed by atoms with Crippen molar-refractivity contribution < 1.29 is 14.0 Å². The summed E-state index contributed by atoms with van der Waals surface area (Å²) in [6.07, 6.45) is 3.68. The van der Waals surface area contributed by atoms with E-state index in [1.54, 1.807) is 12.1 Å². The topological polar surface area (TPSA) is 88.6 Å². The highest BCUT2D eigenvalue weighted by molar-refractivity contribution is 5.91. The number of carbonyl (C=O) groups is 2. The first kappa shape index (κ1) is 14.6. The molecule has 0 spiro atoms. The summed E-state index contributed by atoms with van der Waals surface area (Å²) in [5.74, 6) is 0.596. The smallest absolute Gasteiger partial charge is 0.287 e. The predicted molar refractivity (Wildman–Crippen MR) is 74.0 cm³/mol. The van der Waals surface area contributed by atoms with Crippen molar-refractivity contribution in [2.45, 2.75) is 32.2 Å². The molecule has 1 saturated heterocycles. The van der Waals surface area contributed by atoms with Gasteiger partial charge in [-0.25, -0.2) is 0 Å². The van der Waals surface area contributed by atoms with Crippen molar-refractivity contribution in [3.8, 4) is 0 Å². The van der Waals surface area contributed by atoms with Crippen molar-refractivity contribution in [2.24, 2.45) is 5.73 Å². The first-order valence-corrected chi connectivity index (χ1v) is 7.05. The van der Waals surface area contributed by atoms with E-state index < -0.39 is 0 Å². The molecule has 1 aromatic rings. The average Bonchev–Trinajstić information content (AvgIpc) is 2.97. The van der Waals surface area contributed by atoms with E-state index in [1.165, 1.54) is 6.42 Å². The maximum atomic E-state index is 11.9. The zero-order valence-electron chi connectivity index (χ0n) is 11.6. The molecule has 2 heterocycles. The maximum absolute atomic E-state index is 11.9. The molecule has 1 fully saturated rings. The summed E-state index contributed by atoms with van der Waals surface area (Å²) in [4.78, 5) is 25.5. The van der Waals surface area contributed by atoms with Crippen LogP contribution in [-0.4, -0.2) is 36.3 Å². The van der Waals surface area contributed by atoms with Crippen molar-refractivity contribution in [3.63, 3.8) is 0 Å². The zero-order chi connectivity index (χ0) is 14.4. The lowest BCUT2D eigenvalue weighted by atomic mass is 10.1. The van der Waals surface area contributed by atoms with Crippen LogP contribution in [0.4, 0.5) is 0 Å². The number of amides is 2. The first-order valence-electron chi connectivity index (χ1n) is 7.05. The zero-order valence-corrected chi connectivity index (χ0v) is 11.6. The van der Waals surface area contributed by atoms with Gasteiger partial charge < -0.3 is 20.4 Å². The van der Waals surface area contributed by atoms with Gasteiger partial charge in [0.2, 0.25) is 5.91 Å². The molecule has 0 atom stereocenters. The Morgan fingerprint density at radius 3 is 2.65 bits per heavy atom. The summed E-state index contributed by atoms with van der Waals surface area (Å²) in [5, 5.41) is 2.69. The third-order valence-corrected chi connectivity index (χ3v) is 3.42. The van der Waals surface area contributed by atoms with Crippen molar-refractivity contribution in [3.05, 3.63) is 23.7 Å². The molecule has 1 aromatic heterocycles. The molecule has 0 aromatic carbocycles. The van der Waals surface area contributed by atoms with Gasteiger partial charge in [-0.1, -0.05) is 0 Å².